The lowest BCUT2D eigenvalue weighted by Gasteiger charge is -2.15. The number of carbonyl (C=O) groups is 1. The molecule has 1 aromatic heterocycles. The minimum atomic E-state index is -0.971. The minimum absolute atomic E-state index is 0.0902. The third-order valence-corrected chi connectivity index (χ3v) is 4.41. The zero-order chi connectivity index (χ0) is 14.5. The number of fused-ring (bicyclic) bond motifs is 1. The van der Waals surface area contributed by atoms with Crippen LogP contribution in [0.25, 0.3) is 11.0 Å². The van der Waals surface area contributed by atoms with Crippen LogP contribution in [0.2, 0.25) is 0 Å². The van der Waals surface area contributed by atoms with E-state index >= 15 is 0 Å². The van der Waals surface area contributed by atoms with Crippen LogP contribution in [0.15, 0.2) is 17.3 Å². The monoisotopic (exact) mass is 298 g/mol. The average molecular weight is 298 g/mol. The molecule has 1 aliphatic rings. The van der Waals surface area contributed by atoms with Gasteiger partial charge < -0.3 is 9.67 Å². The van der Waals surface area contributed by atoms with Gasteiger partial charge in [0.1, 0.15) is 11.3 Å². The highest BCUT2D eigenvalue weighted by Crippen LogP contribution is 2.47. The van der Waals surface area contributed by atoms with Crippen LogP contribution in [0, 0.1) is 11.6 Å². The van der Waals surface area contributed by atoms with Crippen LogP contribution in [0.3, 0.4) is 0 Å². The van der Waals surface area contributed by atoms with Gasteiger partial charge in [-0.1, -0.05) is 11.8 Å². The first-order chi connectivity index (χ1) is 9.40. The number of hydrogen-bond acceptors (Lipinski definition) is 3. The summed E-state index contributed by atoms with van der Waals surface area (Å²) in [6.07, 6.45) is 1.77. The Hall–Kier alpha value is -1.63. The molecule has 1 fully saturated rings. The Kier molecular flexibility index (Phi) is 2.97. The molecule has 0 unspecified atom stereocenters. The van der Waals surface area contributed by atoms with Crippen LogP contribution in [-0.2, 0) is 10.3 Å². The standard InChI is InChI=1S/C13H12F2N2O2S/c1-13(2-3-13)17-9-5-7(14)4-8(15)11(9)16-12(17)20-6-10(18)19/h4-5H,2-3,6H2,1H3,(H,18,19). The quantitative estimate of drug-likeness (QED) is 0.882. The largest absolute Gasteiger partial charge is 0.481 e. The van der Waals surface area contributed by atoms with Crippen LogP contribution >= 0.6 is 11.8 Å². The molecule has 0 amide bonds. The number of carboxylic acid groups (broad SMARTS) is 1. The van der Waals surface area contributed by atoms with Crippen molar-refractivity contribution in [1.29, 1.82) is 0 Å². The summed E-state index contributed by atoms with van der Waals surface area (Å²) >= 11 is 1.03. The van der Waals surface area contributed by atoms with Gasteiger partial charge >= 0.3 is 5.97 Å². The molecular formula is C13H12F2N2O2S. The molecule has 0 saturated heterocycles. The van der Waals surface area contributed by atoms with Gasteiger partial charge in [0.25, 0.3) is 0 Å². The lowest BCUT2D eigenvalue weighted by molar-refractivity contribution is -0.133. The van der Waals surface area contributed by atoms with Gasteiger partial charge in [-0.15, -0.1) is 0 Å². The Balaban J connectivity index is 2.18. The fraction of sp³-hybridized carbons (Fsp3) is 0.385. The summed E-state index contributed by atoms with van der Waals surface area (Å²) in [7, 11) is 0. The van der Waals surface area contributed by atoms with Crippen molar-refractivity contribution in [1.82, 2.24) is 9.55 Å². The maximum Gasteiger partial charge on any atom is 0.313 e. The smallest absolute Gasteiger partial charge is 0.313 e. The van der Waals surface area contributed by atoms with Gasteiger partial charge in [0, 0.05) is 17.7 Å². The number of hydrogen-bond donors (Lipinski definition) is 1. The van der Waals surface area contributed by atoms with E-state index in [0.717, 1.165) is 30.7 Å². The summed E-state index contributed by atoms with van der Waals surface area (Å²) < 4.78 is 29.0. The molecule has 2 aromatic rings. The Morgan fingerprint density at radius 1 is 1.50 bits per heavy atom. The van der Waals surface area contributed by atoms with Crippen LogP contribution in [-0.4, -0.2) is 26.4 Å². The molecule has 4 nitrogen and oxygen atoms in total. The van der Waals surface area contributed by atoms with Gasteiger partial charge in [-0.25, -0.2) is 13.8 Å². The molecule has 1 N–H and O–H groups in total. The van der Waals surface area contributed by atoms with E-state index in [1.165, 1.54) is 6.07 Å². The Labute approximate surface area is 117 Å². The Morgan fingerprint density at radius 3 is 2.80 bits per heavy atom. The zero-order valence-corrected chi connectivity index (χ0v) is 11.5. The third kappa shape index (κ3) is 2.15. The molecule has 0 spiro atoms. The van der Waals surface area contributed by atoms with Crippen molar-refractivity contribution in [3.05, 3.63) is 23.8 Å². The first kappa shape index (κ1) is 13.4. The van der Waals surface area contributed by atoms with Crippen molar-refractivity contribution in [2.45, 2.75) is 30.5 Å². The summed E-state index contributed by atoms with van der Waals surface area (Å²) in [4.78, 5) is 14.8. The van der Waals surface area contributed by atoms with Gasteiger partial charge in [0.15, 0.2) is 11.0 Å². The molecule has 1 saturated carbocycles. The van der Waals surface area contributed by atoms with Gasteiger partial charge in [-0.05, 0) is 19.8 Å². The Bertz CT molecular complexity index is 710. The number of thioether (sulfide) groups is 1. The van der Waals surface area contributed by atoms with Crippen LogP contribution in [0.4, 0.5) is 8.78 Å². The molecule has 1 heterocycles. The summed E-state index contributed by atoms with van der Waals surface area (Å²) in [5, 5.41) is 9.19. The number of benzene rings is 1. The summed E-state index contributed by atoms with van der Waals surface area (Å²) in [5.74, 6) is -2.51. The highest BCUT2D eigenvalue weighted by molar-refractivity contribution is 7.99. The maximum absolute atomic E-state index is 13.8. The molecule has 7 heteroatoms. The molecule has 1 aromatic carbocycles. The molecular weight excluding hydrogens is 286 g/mol. The molecule has 1 aliphatic carbocycles. The van der Waals surface area contributed by atoms with E-state index in [1.807, 2.05) is 6.92 Å². The first-order valence-corrected chi connectivity index (χ1v) is 7.12. The topological polar surface area (TPSA) is 55.1 Å². The summed E-state index contributed by atoms with van der Waals surface area (Å²) in [6.45, 7) is 1.97. The number of nitrogens with zero attached hydrogens (tertiary/aromatic N) is 2. The number of imidazole rings is 1. The fourth-order valence-electron chi connectivity index (χ4n) is 2.23. The highest BCUT2D eigenvalue weighted by atomic mass is 32.2. The number of halogens is 2. The SMILES string of the molecule is CC1(n2c(SCC(=O)O)nc3c(F)cc(F)cc32)CC1. The third-order valence-electron chi connectivity index (χ3n) is 3.49. The van der Waals surface area contributed by atoms with Crippen molar-refractivity contribution < 1.29 is 18.7 Å². The van der Waals surface area contributed by atoms with E-state index in [1.54, 1.807) is 4.57 Å². The van der Waals surface area contributed by atoms with E-state index in [4.69, 9.17) is 5.11 Å². The predicted molar refractivity (Wildman–Crippen MR) is 70.9 cm³/mol. The molecule has 3 rings (SSSR count). The highest BCUT2D eigenvalue weighted by Gasteiger charge is 2.42. The van der Waals surface area contributed by atoms with Gasteiger partial charge in [0.2, 0.25) is 0 Å². The van der Waals surface area contributed by atoms with Gasteiger partial charge in [-0.3, -0.25) is 4.79 Å². The van der Waals surface area contributed by atoms with E-state index in [-0.39, 0.29) is 16.8 Å². The van der Waals surface area contributed by atoms with Crippen molar-refractivity contribution in [2.75, 3.05) is 5.75 Å². The molecule has 0 radical (unpaired) electrons. The van der Waals surface area contributed by atoms with Crippen LogP contribution < -0.4 is 0 Å². The van der Waals surface area contributed by atoms with E-state index < -0.39 is 17.6 Å². The average Bonchev–Trinajstić information content (AvgIpc) is 2.97. The van der Waals surface area contributed by atoms with Crippen LogP contribution in [0.5, 0.6) is 0 Å². The summed E-state index contributed by atoms with van der Waals surface area (Å²) in [6, 6.07) is 2.04. The van der Waals surface area contributed by atoms with Crippen molar-refractivity contribution in [3.63, 3.8) is 0 Å². The molecule has 20 heavy (non-hydrogen) atoms. The van der Waals surface area contributed by atoms with E-state index in [0.29, 0.717) is 10.7 Å². The van der Waals surface area contributed by atoms with Crippen LogP contribution in [0.1, 0.15) is 19.8 Å². The fourth-order valence-corrected chi connectivity index (χ4v) is 3.09. The summed E-state index contributed by atoms with van der Waals surface area (Å²) in [5.41, 5.74) is 0.248. The number of aromatic nitrogens is 2. The molecule has 0 aliphatic heterocycles. The normalized spacial score (nSPS) is 16.6. The minimum Gasteiger partial charge on any atom is -0.481 e. The lowest BCUT2D eigenvalue weighted by atomic mass is 10.2. The second-order valence-electron chi connectivity index (χ2n) is 5.16. The van der Waals surface area contributed by atoms with Gasteiger partial charge in [-0.2, -0.15) is 0 Å². The van der Waals surface area contributed by atoms with Crippen molar-refractivity contribution in [2.24, 2.45) is 0 Å². The maximum atomic E-state index is 13.8. The molecule has 0 atom stereocenters. The van der Waals surface area contributed by atoms with Crippen molar-refractivity contribution >= 4 is 28.8 Å². The predicted octanol–water partition coefficient (Wildman–Crippen LogP) is 3.00. The molecule has 106 valence electrons. The Morgan fingerprint density at radius 2 is 2.20 bits per heavy atom. The second kappa shape index (κ2) is 4.44. The number of carboxylic acids is 1. The van der Waals surface area contributed by atoms with Gasteiger partial charge in [0.05, 0.1) is 11.3 Å². The van der Waals surface area contributed by atoms with E-state index in [2.05, 4.69) is 4.98 Å². The lowest BCUT2D eigenvalue weighted by Crippen LogP contribution is -2.14. The second-order valence-corrected chi connectivity index (χ2v) is 6.11. The zero-order valence-electron chi connectivity index (χ0n) is 10.7. The first-order valence-electron chi connectivity index (χ1n) is 6.13. The molecule has 0 bridgehead atoms. The van der Waals surface area contributed by atoms with Crippen molar-refractivity contribution in [3.8, 4) is 0 Å². The number of rotatable bonds is 4. The van der Waals surface area contributed by atoms with E-state index in [9.17, 15) is 13.6 Å². The number of aliphatic carboxylic acids is 1.